The largest absolute Gasteiger partial charge is 0.462 e. The van der Waals surface area contributed by atoms with E-state index in [4.69, 9.17) is 28.4 Å². The maximum atomic E-state index is 11.1. The lowest BCUT2D eigenvalue weighted by Gasteiger charge is -2.22. The highest BCUT2D eigenvalue weighted by Gasteiger charge is 2.36. The second-order valence-electron chi connectivity index (χ2n) is 29.5. The SMILES string of the molecule is CCCCCCCCC1(C)CCC(=O)O1.CCCCCCCCC1CCC(=O)O1.CCCCCCCCCC1(C)CCC(=O)O1.CCCCCCCCCC1CCCC(=O)O1.CCCCCCCCCCC1CCC(=O)O1.CCCCCCCCCCCC1CCC(=O)O1. The zero-order valence-corrected chi connectivity index (χ0v) is 63.0. The van der Waals surface area contributed by atoms with E-state index in [1.165, 1.54) is 276 Å². The third kappa shape index (κ3) is 53.8. The van der Waals surface area contributed by atoms with E-state index >= 15 is 0 Å². The minimum absolute atomic E-state index is 0.000910. The molecule has 0 N–H and O–H groups in total. The molecular weight excluding hydrogens is 1180 g/mol. The Morgan fingerprint density at radius 1 is 0.255 bits per heavy atom. The van der Waals surface area contributed by atoms with Gasteiger partial charge >= 0.3 is 35.8 Å². The van der Waals surface area contributed by atoms with Crippen molar-refractivity contribution < 1.29 is 57.2 Å². The summed E-state index contributed by atoms with van der Waals surface area (Å²) in [6.07, 6.45) is 75.3. The highest BCUT2D eigenvalue weighted by Crippen LogP contribution is 2.33. The molecule has 6 fully saturated rings. The molecule has 12 nitrogen and oxygen atoms in total. The van der Waals surface area contributed by atoms with Gasteiger partial charge in [0.1, 0.15) is 35.6 Å². The summed E-state index contributed by atoms with van der Waals surface area (Å²) in [4.78, 5) is 65.7. The van der Waals surface area contributed by atoms with E-state index < -0.39 is 0 Å². The number of esters is 6. The van der Waals surface area contributed by atoms with E-state index in [1.54, 1.807) is 0 Å². The van der Waals surface area contributed by atoms with Crippen LogP contribution in [0.5, 0.6) is 0 Å². The van der Waals surface area contributed by atoms with Gasteiger partial charge in [0.2, 0.25) is 0 Å². The van der Waals surface area contributed by atoms with Gasteiger partial charge in [-0.3, -0.25) is 28.8 Å². The van der Waals surface area contributed by atoms with Crippen LogP contribution in [0.1, 0.15) is 453 Å². The number of ether oxygens (including phenoxy) is 6. The molecule has 6 aliphatic rings. The van der Waals surface area contributed by atoms with E-state index in [0.29, 0.717) is 38.5 Å². The summed E-state index contributed by atoms with van der Waals surface area (Å²) < 4.78 is 31.5. The Bertz CT molecular complexity index is 1820. The predicted molar refractivity (Wildman–Crippen MR) is 389 cm³/mol. The van der Waals surface area contributed by atoms with Crippen LogP contribution in [0.2, 0.25) is 0 Å². The lowest BCUT2D eigenvalue weighted by Crippen LogP contribution is -2.23. The van der Waals surface area contributed by atoms with Crippen LogP contribution in [-0.2, 0) is 57.2 Å². The Morgan fingerprint density at radius 3 is 0.681 bits per heavy atom. The van der Waals surface area contributed by atoms with Gasteiger partial charge in [-0.05, 0) is 136 Å². The summed E-state index contributed by atoms with van der Waals surface area (Å²) in [7, 11) is 0. The zero-order valence-electron chi connectivity index (χ0n) is 63.0. The van der Waals surface area contributed by atoms with Crippen molar-refractivity contribution in [2.45, 2.75) is 489 Å². The zero-order chi connectivity index (χ0) is 68.9. The lowest BCUT2D eigenvalue weighted by molar-refractivity contribution is -0.154. The maximum Gasteiger partial charge on any atom is 0.306 e. The molecule has 12 heteroatoms. The van der Waals surface area contributed by atoms with Crippen LogP contribution in [0.4, 0.5) is 0 Å². The number of unbranched alkanes of at least 4 members (excludes halogenated alkanes) is 37. The highest BCUT2D eigenvalue weighted by atomic mass is 16.6. The molecule has 94 heavy (non-hydrogen) atoms. The molecule has 6 aliphatic heterocycles. The number of rotatable bonds is 49. The van der Waals surface area contributed by atoms with E-state index in [1.807, 2.05) is 0 Å². The molecule has 6 rings (SSSR count). The first-order chi connectivity index (χ1) is 45.6. The Hall–Kier alpha value is -3.18. The molecule has 0 spiro atoms. The van der Waals surface area contributed by atoms with E-state index in [9.17, 15) is 28.8 Å². The van der Waals surface area contributed by atoms with Gasteiger partial charge in [0, 0.05) is 38.5 Å². The average molecular weight is 1330 g/mol. The van der Waals surface area contributed by atoms with Crippen molar-refractivity contribution in [2.75, 3.05) is 0 Å². The summed E-state index contributed by atoms with van der Waals surface area (Å²) in [6, 6.07) is 0. The second-order valence-corrected chi connectivity index (χ2v) is 29.5. The van der Waals surface area contributed by atoms with E-state index in [-0.39, 0.29) is 71.4 Å². The van der Waals surface area contributed by atoms with Crippen LogP contribution in [-0.4, -0.2) is 71.4 Å². The van der Waals surface area contributed by atoms with Crippen molar-refractivity contribution in [1.82, 2.24) is 0 Å². The average Bonchev–Trinajstić information content (AvgIpc) is 2.25. The first-order valence-corrected chi connectivity index (χ1v) is 40.8. The van der Waals surface area contributed by atoms with Crippen LogP contribution in [0.3, 0.4) is 0 Å². The third-order valence-corrected chi connectivity index (χ3v) is 19.9. The summed E-state index contributed by atoms with van der Waals surface area (Å²) in [5.41, 5.74) is -0.275. The number of hydrogen-bond donors (Lipinski definition) is 0. The molecule has 6 saturated heterocycles. The quantitative estimate of drug-likeness (QED) is 0.0323. The fourth-order valence-electron chi connectivity index (χ4n) is 13.6. The molecule has 0 aliphatic carbocycles. The van der Waals surface area contributed by atoms with Crippen molar-refractivity contribution >= 4 is 35.8 Å². The predicted octanol–water partition coefficient (Wildman–Crippen LogP) is 24.6. The van der Waals surface area contributed by atoms with Crippen LogP contribution in [0.25, 0.3) is 0 Å². The molecule has 0 saturated carbocycles. The molecule has 0 bridgehead atoms. The Labute approximate surface area is 579 Å². The van der Waals surface area contributed by atoms with Gasteiger partial charge in [0.05, 0.1) is 0 Å². The van der Waals surface area contributed by atoms with Gasteiger partial charge in [-0.2, -0.15) is 0 Å². The Kier molecular flexibility index (Phi) is 58.7. The summed E-state index contributed by atoms with van der Waals surface area (Å²) in [6.45, 7) is 17.6. The fourth-order valence-corrected chi connectivity index (χ4v) is 13.6. The van der Waals surface area contributed by atoms with Crippen molar-refractivity contribution in [3.63, 3.8) is 0 Å². The molecule has 0 aromatic heterocycles. The first kappa shape index (κ1) is 88.8. The van der Waals surface area contributed by atoms with Crippen molar-refractivity contribution in [3.05, 3.63) is 0 Å². The van der Waals surface area contributed by atoms with E-state index in [2.05, 4.69) is 55.4 Å². The van der Waals surface area contributed by atoms with Crippen LogP contribution in [0, 0.1) is 0 Å². The molecule has 552 valence electrons. The van der Waals surface area contributed by atoms with Gasteiger partial charge < -0.3 is 28.4 Å². The van der Waals surface area contributed by atoms with Crippen LogP contribution >= 0.6 is 0 Å². The monoisotopic (exact) mass is 1330 g/mol. The topological polar surface area (TPSA) is 158 Å². The molecule has 6 unspecified atom stereocenters. The number of carbonyl (C=O) groups excluding carboxylic acids is 6. The van der Waals surface area contributed by atoms with Gasteiger partial charge in [-0.15, -0.1) is 0 Å². The smallest absolute Gasteiger partial charge is 0.306 e. The van der Waals surface area contributed by atoms with Gasteiger partial charge in [0.25, 0.3) is 0 Å². The standard InChI is InChI=1S/C15H28O2.3C14H26O2.C13H24O2.C12H22O2/c1-2-3-4-5-6-7-8-9-10-11-14-12-13-15(16)17-14;1-3-4-5-6-7-8-9-11-14(2)12-10-13(15)16-14;1-2-3-4-5-6-7-8-10-13-11-9-12-14(15)16-13;1-2-3-4-5-6-7-8-9-10-13-11-12-14(15)16-13;1-3-4-5-6-7-8-10-13(2)11-9-12(14)15-13;1-2-3-4-5-6-7-8-11-9-10-12(13)14-11/h14H,2-13H2,1H3;3-12H2,1-2H3;2*13H,2-12H2,1H3;3-11H2,1-2H3;11H,2-10H2,1H3. The number of cyclic esters (lactones) is 6. The van der Waals surface area contributed by atoms with Crippen molar-refractivity contribution in [2.24, 2.45) is 0 Å². The lowest BCUT2D eigenvalue weighted by atomic mass is 9.95. The van der Waals surface area contributed by atoms with E-state index in [0.717, 1.165) is 83.5 Å². The maximum absolute atomic E-state index is 11.1. The van der Waals surface area contributed by atoms with Crippen molar-refractivity contribution in [1.29, 1.82) is 0 Å². The van der Waals surface area contributed by atoms with Crippen molar-refractivity contribution in [3.8, 4) is 0 Å². The molecule has 6 atom stereocenters. The molecular formula is C82H152O12. The van der Waals surface area contributed by atoms with Gasteiger partial charge in [-0.25, -0.2) is 0 Å². The molecule has 6 heterocycles. The summed E-state index contributed by atoms with van der Waals surface area (Å²) in [5.74, 6) is 0.00426. The molecule has 0 radical (unpaired) electrons. The second kappa shape index (κ2) is 62.1. The first-order valence-electron chi connectivity index (χ1n) is 40.8. The molecule has 0 aromatic rings. The van der Waals surface area contributed by atoms with Crippen LogP contribution < -0.4 is 0 Å². The molecule has 0 aromatic carbocycles. The minimum atomic E-state index is -0.138. The molecule has 0 amide bonds. The Morgan fingerprint density at radius 2 is 0.468 bits per heavy atom. The van der Waals surface area contributed by atoms with Crippen LogP contribution in [0.15, 0.2) is 0 Å². The highest BCUT2D eigenvalue weighted by molar-refractivity contribution is 5.73. The summed E-state index contributed by atoms with van der Waals surface area (Å²) >= 11 is 0. The Balaban J connectivity index is 0.000000564. The number of hydrogen-bond acceptors (Lipinski definition) is 12. The fraction of sp³-hybridized carbons (Fsp3) is 0.927. The van der Waals surface area contributed by atoms with Gasteiger partial charge in [0.15, 0.2) is 0 Å². The summed E-state index contributed by atoms with van der Waals surface area (Å²) in [5, 5.41) is 0. The van der Waals surface area contributed by atoms with Gasteiger partial charge in [-0.1, -0.05) is 279 Å². The third-order valence-electron chi connectivity index (χ3n) is 19.9. The number of carbonyl (C=O) groups is 6. The minimum Gasteiger partial charge on any atom is -0.462 e. The normalized spacial score (nSPS) is 22.0.